The van der Waals surface area contributed by atoms with Gasteiger partial charge in [-0.05, 0) is 31.6 Å². The van der Waals surface area contributed by atoms with Crippen molar-refractivity contribution >= 4 is 5.97 Å². The van der Waals surface area contributed by atoms with Gasteiger partial charge in [-0.25, -0.2) is 0 Å². The lowest BCUT2D eigenvalue weighted by Crippen LogP contribution is -2.11. The van der Waals surface area contributed by atoms with Crippen LogP contribution in [-0.4, -0.2) is 5.97 Å². The average molecular weight is 210 g/mol. The molecule has 1 aliphatic carbocycles. The maximum Gasteiger partial charge on any atom is 0.307 e. The van der Waals surface area contributed by atoms with Crippen molar-refractivity contribution in [3.05, 3.63) is 24.5 Å². The summed E-state index contributed by atoms with van der Waals surface area (Å²) in [5.74, 6) is -0.329. The van der Waals surface area contributed by atoms with Crippen LogP contribution in [0.1, 0.15) is 47.0 Å². The summed E-state index contributed by atoms with van der Waals surface area (Å²) in [4.78, 5) is 9.75. The topological polar surface area (TPSA) is 26.3 Å². The Morgan fingerprint density at radius 3 is 2.40 bits per heavy atom. The molecule has 0 aliphatic heterocycles. The van der Waals surface area contributed by atoms with E-state index in [0.29, 0.717) is 5.41 Å². The van der Waals surface area contributed by atoms with E-state index in [0.717, 1.165) is 6.26 Å². The quantitative estimate of drug-likeness (QED) is 0.373. The normalized spacial score (nSPS) is 18.0. The number of carbonyl (C=O) groups excluding carboxylic acids is 1. The van der Waals surface area contributed by atoms with Gasteiger partial charge in [0.2, 0.25) is 0 Å². The fourth-order valence-corrected chi connectivity index (χ4v) is 1.75. The van der Waals surface area contributed by atoms with Crippen LogP contribution in [0.5, 0.6) is 0 Å². The zero-order chi connectivity index (χ0) is 11.9. The van der Waals surface area contributed by atoms with E-state index in [-0.39, 0.29) is 5.97 Å². The van der Waals surface area contributed by atoms with Gasteiger partial charge in [-0.1, -0.05) is 32.1 Å². The minimum atomic E-state index is -0.329. The van der Waals surface area contributed by atoms with E-state index >= 15 is 0 Å². The molecule has 0 spiro atoms. The molecule has 0 radical (unpaired) electrons. The third kappa shape index (κ3) is 7.98. The molecule has 2 nitrogen and oxygen atoms in total. The number of hydrogen-bond acceptors (Lipinski definition) is 2. The highest BCUT2D eigenvalue weighted by atomic mass is 16.5. The largest absolute Gasteiger partial charge is 0.435 e. The Balaban J connectivity index is 0.000000288. The molecular formula is C13H22O2. The minimum absolute atomic E-state index is 0.329. The van der Waals surface area contributed by atoms with Crippen LogP contribution in [0.3, 0.4) is 0 Å². The van der Waals surface area contributed by atoms with Crippen LogP contribution in [-0.2, 0) is 9.53 Å². The maximum absolute atomic E-state index is 9.75. The number of hydrogen-bond donors (Lipinski definition) is 0. The van der Waals surface area contributed by atoms with Gasteiger partial charge in [0.1, 0.15) is 0 Å². The van der Waals surface area contributed by atoms with Gasteiger partial charge in [-0.3, -0.25) is 4.79 Å². The predicted octanol–water partition coefficient (Wildman–Crippen LogP) is 3.84. The second-order valence-electron chi connectivity index (χ2n) is 4.61. The van der Waals surface area contributed by atoms with Gasteiger partial charge >= 0.3 is 5.97 Å². The van der Waals surface area contributed by atoms with Crippen LogP contribution in [0.15, 0.2) is 24.5 Å². The Morgan fingerprint density at radius 1 is 1.60 bits per heavy atom. The molecule has 2 heteroatoms. The van der Waals surface area contributed by atoms with Crippen LogP contribution < -0.4 is 0 Å². The third-order valence-electron chi connectivity index (χ3n) is 2.28. The van der Waals surface area contributed by atoms with Gasteiger partial charge in [0.15, 0.2) is 0 Å². The fourth-order valence-electron chi connectivity index (χ4n) is 1.75. The van der Waals surface area contributed by atoms with Crippen molar-refractivity contribution in [1.82, 2.24) is 0 Å². The second-order valence-corrected chi connectivity index (χ2v) is 4.61. The Labute approximate surface area is 93.0 Å². The van der Waals surface area contributed by atoms with Crippen LogP contribution in [0.25, 0.3) is 0 Å². The van der Waals surface area contributed by atoms with Crippen molar-refractivity contribution < 1.29 is 9.53 Å². The van der Waals surface area contributed by atoms with Gasteiger partial charge in [0, 0.05) is 6.92 Å². The molecule has 0 aromatic heterocycles. The smallest absolute Gasteiger partial charge is 0.307 e. The summed E-state index contributed by atoms with van der Waals surface area (Å²) >= 11 is 0. The highest BCUT2D eigenvalue weighted by Crippen LogP contribution is 2.32. The summed E-state index contributed by atoms with van der Waals surface area (Å²) in [7, 11) is 0. The van der Waals surface area contributed by atoms with Crippen LogP contribution in [0.4, 0.5) is 0 Å². The first-order chi connectivity index (χ1) is 6.87. The molecule has 0 amide bonds. The molecule has 86 valence electrons. The van der Waals surface area contributed by atoms with E-state index in [9.17, 15) is 4.79 Å². The molecular weight excluding hydrogens is 188 g/mol. The lowest BCUT2D eigenvalue weighted by atomic mass is 9.80. The lowest BCUT2D eigenvalue weighted by molar-refractivity contribution is -0.135. The van der Waals surface area contributed by atoms with E-state index in [1.54, 1.807) is 5.57 Å². The average Bonchev–Trinajstić information content (AvgIpc) is 2.01. The summed E-state index contributed by atoms with van der Waals surface area (Å²) in [6.45, 7) is 11.3. The number of allylic oxidation sites excluding steroid dienone is 2. The first-order valence-corrected chi connectivity index (χ1v) is 5.34. The highest BCUT2D eigenvalue weighted by molar-refractivity contribution is 5.66. The fraction of sp³-hybridized carbons (Fsp3) is 0.615. The molecule has 0 saturated heterocycles. The van der Waals surface area contributed by atoms with Crippen molar-refractivity contribution in [2.75, 3.05) is 0 Å². The van der Waals surface area contributed by atoms with E-state index < -0.39 is 0 Å². The van der Waals surface area contributed by atoms with Crippen molar-refractivity contribution in [2.45, 2.75) is 47.0 Å². The Morgan fingerprint density at radius 2 is 2.20 bits per heavy atom. The van der Waals surface area contributed by atoms with Gasteiger partial charge in [-0.15, -0.1) is 0 Å². The molecule has 0 unspecified atom stereocenters. The Kier molecular flexibility index (Phi) is 5.99. The molecule has 1 aliphatic rings. The zero-order valence-corrected chi connectivity index (χ0v) is 10.3. The SMILES string of the molecule is C=COC(C)=O.CC1=CC(C)(C)CCC1. The first kappa shape index (κ1) is 13.9. The van der Waals surface area contributed by atoms with Crippen molar-refractivity contribution in [3.63, 3.8) is 0 Å². The molecule has 0 N–H and O–H groups in total. The number of esters is 1. The van der Waals surface area contributed by atoms with Gasteiger partial charge < -0.3 is 4.74 Å². The standard InChI is InChI=1S/C9H16.C4H6O2/c1-8-5-4-6-9(2,3)7-8;1-3-6-4(2)5/h7H,4-6H2,1-3H3;3H,1H2,2H3. The van der Waals surface area contributed by atoms with Crippen molar-refractivity contribution in [1.29, 1.82) is 0 Å². The second kappa shape index (κ2) is 6.44. The van der Waals surface area contributed by atoms with Crippen molar-refractivity contribution in [2.24, 2.45) is 5.41 Å². The monoisotopic (exact) mass is 210 g/mol. The highest BCUT2D eigenvalue weighted by Gasteiger charge is 2.17. The summed E-state index contributed by atoms with van der Waals surface area (Å²) in [6, 6.07) is 0. The molecule has 0 saturated carbocycles. The summed E-state index contributed by atoms with van der Waals surface area (Å²) < 4.78 is 4.17. The third-order valence-corrected chi connectivity index (χ3v) is 2.28. The Bertz CT molecular complexity index is 249. The molecule has 0 aromatic carbocycles. The minimum Gasteiger partial charge on any atom is -0.435 e. The molecule has 0 fully saturated rings. The van der Waals surface area contributed by atoms with E-state index in [1.807, 2.05) is 0 Å². The molecule has 1 rings (SSSR count). The predicted molar refractivity (Wildman–Crippen MR) is 63.4 cm³/mol. The zero-order valence-electron chi connectivity index (χ0n) is 10.3. The number of ether oxygens (including phenoxy) is 1. The van der Waals surface area contributed by atoms with Crippen LogP contribution in [0.2, 0.25) is 0 Å². The Hall–Kier alpha value is -1.05. The van der Waals surface area contributed by atoms with Gasteiger partial charge in [-0.2, -0.15) is 0 Å². The molecule has 0 atom stereocenters. The number of rotatable bonds is 1. The molecule has 0 heterocycles. The maximum atomic E-state index is 9.75. The van der Waals surface area contributed by atoms with E-state index in [2.05, 4.69) is 38.2 Å². The summed E-state index contributed by atoms with van der Waals surface area (Å²) in [5.41, 5.74) is 2.06. The summed E-state index contributed by atoms with van der Waals surface area (Å²) in [5, 5.41) is 0. The van der Waals surface area contributed by atoms with Crippen molar-refractivity contribution in [3.8, 4) is 0 Å². The molecule has 0 aromatic rings. The van der Waals surface area contributed by atoms with E-state index in [4.69, 9.17) is 0 Å². The van der Waals surface area contributed by atoms with Crippen LogP contribution >= 0.6 is 0 Å². The van der Waals surface area contributed by atoms with Gasteiger partial charge in [0.05, 0.1) is 6.26 Å². The van der Waals surface area contributed by atoms with E-state index in [1.165, 1.54) is 26.2 Å². The number of carbonyl (C=O) groups is 1. The van der Waals surface area contributed by atoms with Gasteiger partial charge in [0.25, 0.3) is 0 Å². The molecule has 0 bridgehead atoms. The molecule has 15 heavy (non-hydrogen) atoms. The summed E-state index contributed by atoms with van der Waals surface area (Å²) in [6.07, 6.45) is 7.59. The lowest BCUT2D eigenvalue weighted by Gasteiger charge is -2.25. The van der Waals surface area contributed by atoms with Crippen LogP contribution in [0, 0.1) is 5.41 Å². The first-order valence-electron chi connectivity index (χ1n) is 5.34.